The second kappa shape index (κ2) is 30.8. The smallest absolute Gasteiger partial charge is 0.412 e. The number of fused-ring (bicyclic) bond motifs is 4. The van der Waals surface area contributed by atoms with Crippen molar-refractivity contribution in [3.05, 3.63) is 289 Å². The molecular formula is C82H80O5SSi3. The summed E-state index contributed by atoms with van der Waals surface area (Å²) in [6.45, 7) is 21.5. The Morgan fingerprint density at radius 2 is 0.560 bits per heavy atom. The molecule has 0 radical (unpaired) electrons. The van der Waals surface area contributed by atoms with Crippen LogP contribution >= 0.6 is 10.0 Å². The maximum Gasteiger partial charge on any atom is 0.536 e. The number of allylic oxidation sites excluding steroid dienone is 4. The Balaban J connectivity index is 0.000000219. The first kappa shape index (κ1) is 66.7. The molecule has 0 bridgehead atoms. The predicted molar refractivity (Wildman–Crippen MR) is 397 cm³/mol. The van der Waals surface area contributed by atoms with Crippen molar-refractivity contribution in [1.82, 2.24) is 0 Å². The summed E-state index contributed by atoms with van der Waals surface area (Å²) in [6, 6.07) is 70.9. The van der Waals surface area contributed by atoms with Gasteiger partial charge in [-0.2, -0.15) is 0 Å². The van der Waals surface area contributed by atoms with E-state index < -0.39 is 35.5 Å². The van der Waals surface area contributed by atoms with Crippen molar-refractivity contribution >= 4 is 94.1 Å². The fraction of sp³-hybridized carbons (Fsp3) is 0.171. The highest BCUT2D eigenvalue weighted by Crippen LogP contribution is 2.45. The average Bonchev–Trinajstić information content (AvgIpc) is 0.775. The number of hydrogen-bond donors (Lipinski definition) is 0. The Hall–Kier alpha value is -8.76. The van der Waals surface area contributed by atoms with E-state index in [0.29, 0.717) is 13.2 Å². The largest absolute Gasteiger partial charge is 0.536 e. The monoisotopic (exact) mass is 1260 g/mol. The van der Waals surface area contributed by atoms with Crippen LogP contribution < -0.4 is 15.6 Å². The van der Waals surface area contributed by atoms with E-state index in [0.717, 1.165) is 117 Å². The Morgan fingerprint density at radius 3 is 0.769 bits per heavy atom. The van der Waals surface area contributed by atoms with Gasteiger partial charge in [0.1, 0.15) is 0 Å². The minimum atomic E-state index is -2.89. The molecule has 0 aromatic heterocycles. The molecule has 0 aliphatic carbocycles. The van der Waals surface area contributed by atoms with Gasteiger partial charge in [-0.05, 0) is 176 Å². The molecule has 5 nitrogen and oxygen atoms in total. The van der Waals surface area contributed by atoms with Crippen LogP contribution in [0.25, 0.3) is 43.1 Å². The van der Waals surface area contributed by atoms with Crippen LogP contribution in [0.4, 0.5) is 0 Å². The van der Waals surface area contributed by atoms with E-state index in [2.05, 4.69) is 276 Å². The molecule has 10 aromatic rings. The molecule has 0 saturated heterocycles. The predicted octanol–water partition coefficient (Wildman–Crippen LogP) is 16.8. The molecule has 91 heavy (non-hydrogen) atoms. The summed E-state index contributed by atoms with van der Waals surface area (Å²) in [5, 5.41) is 12.1. The van der Waals surface area contributed by atoms with Gasteiger partial charge in [0.15, 0.2) is 0 Å². The molecule has 9 heteroatoms. The van der Waals surface area contributed by atoms with Crippen LogP contribution in [0.3, 0.4) is 0 Å². The van der Waals surface area contributed by atoms with Gasteiger partial charge in [0.2, 0.25) is 16.6 Å². The average molecular weight is 1260 g/mol. The van der Waals surface area contributed by atoms with Gasteiger partial charge in [0.25, 0.3) is 0 Å². The molecular weight excluding hydrogens is 1180 g/mol. The lowest BCUT2D eigenvalue weighted by molar-refractivity contribution is 0.140. The van der Waals surface area contributed by atoms with Gasteiger partial charge in [-0.3, -0.25) is 0 Å². The van der Waals surface area contributed by atoms with Crippen LogP contribution in [0.15, 0.2) is 250 Å². The summed E-state index contributed by atoms with van der Waals surface area (Å²) in [5.41, 5.74) is 7.88. The van der Waals surface area contributed by atoms with Crippen LogP contribution in [0.2, 0.25) is 24.2 Å². The van der Waals surface area contributed by atoms with Crippen LogP contribution in [0.5, 0.6) is 0 Å². The van der Waals surface area contributed by atoms with Crippen LogP contribution in [0, 0.1) is 47.4 Å². The SMILES string of the molecule is C=CC[Si](CC=C)(OCC)c1ccc(C#Cc2c3ccccc3c(C#Cc3ccc([Si](CC=C)(CC=C)OCC)cc3)c3ccccc23)cc1.CO[Si](OC)(OC)c1ccc(C#Cc2c3ccccc3c(C#Cc3ccc(S(C)(C)C)cc3)c3ccccc23)cc1. The van der Waals surface area contributed by atoms with Gasteiger partial charge >= 0.3 is 8.80 Å². The normalized spacial score (nSPS) is 11.6. The molecule has 0 heterocycles. The van der Waals surface area contributed by atoms with E-state index in [-0.39, 0.29) is 0 Å². The lowest BCUT2D eigenvalue weighted by atomic mass is 9.92. The second-order valence-electron chi connectivity index (χ2n) is 22.8. The first-order chi connectivity index (χ1) is 44.3. The number of benzene rings is 10. The van der Waals surface area contributed by atoms with Crippen molar-refractivity contribution in [2.24, 2.45) is 0 Å². The highest BCUT2D eigenvalue weighted by atomic mass is 32.3. The summed E-state index contributed by atoms with van der Waals surface area (Å²) < 4.78 is 29.7. The maximum atomic E-state index is 6.41. The van der Waals surface area contributed by atoms with Crippen molar-refractivity contribution in [3.8, 4) is 47.4 Å². The van der Waals surface area contributed by atoms with E-state index in [4.69, 9.17) is 22.1 Å². The van der Waals surface area contributed by atoms with Crippen molar-refractivity contribution in [1.29, 1.82) is 0 Å². The third kappa shape index (κ3) is 15.0. The first-order valence-electron chi connectivity index (χ1n) is 30.7. The zero-order valence-corrected chi connectivity index (χ0v) is 57.6. The molecule has 0 aliphatic rings. The summed E-state index contributed by atoms with van der Waals surface area (Å²) in [4.78, 5) is 1.38. The zero-order chi connectivity index (χ0) is 64.4. The Bertz CT molecular complexity index is 4240. The molecule has 0 aliphatic heterocycles. The molecule has 10 aromatic carbocycles. The molecule has 456 valence electrons. The van der Waals surface area contributed by atoms with Gasteiger partial charge in [0, 0.05) is 84.2 Å². The molecule has 0 unspecified atom stereocenters. The summed E-state index contributed by atoms with van der Waals surface area (Å²) in [6.07, 6.45) is 14.8. The van der Waals surface area contributed by atoms with Gasteiger partial charge < -0.3 is 22.1 Å². The molecule has 0 saturated carbocycles. The molecule has 10 rings (SSSR count). The molecule has 0 N–H and O–H groups in total. The minimum absolute atomic E-state index is 0.672. The van der Waals surface area contributed by atoms with E-state index in [1.807, 2.05) is 48.6 Å². The number of rotatable bonds is 19. The van der Waals surface area contributed by atoms with E-state index >= 15 is 0 Å². The maximum absolute atomic E-state index is 6.41. The van der Waals surface area contributed by atoms with Gasteiger partial charge in [-0.25, -0.2) is 10.0 Å². The summed E-state index contributed by atoms with van der Waals surface area (Å²) in [5.74, 6) is 27.9. The van der Waals surface area contributed by atoms with Crippen molar-refractivity contribution < 1.29 is 22.1 Å². The quantitative estimate of drug-likeness (QED) is 0.0349. The molecule has 0 fully saturated rings. The van der Waals surface area contributed by atoms with E-state index in [1.165, 1.54) is 15.3 Å². The van der Waals surface area contributed by atoms with Crippen LogP contribution in [-0.2, 0) is 22.1 Å². The molecule has 0 spiro atoms. The topological polar surface area (TPSA) is 46.2 Å². The minimum Gasteiger partial charge on any atom is -0.412 e. The number of hydrogen-bond acceptors (Lipinski definition) is 5. The fourth-order valence-corrected chi connectivity index (χ4v) is 21.2. The lowest BCUT2D eigenvalue weighted by Gasteiger charge is -2.29. The van der Waals surface area contributed by atoms with Crippen molar-refractivity contribution in [3.63, 3.8) is 0 Å². The highest BCUT2D eigenvalue weighted by Gasteiger charge is 2.41. The molecule has 0 atom stereocenters. The summed E-state index contributed by atoms with van der Waals surface area (Å²) >= 11 is 0. The van der Waals surface area contributed by atoms with Crippen molar-refractivity contribution in [2.45, 2.75) is 42.9 Å². The standard InChI is InChI=1S/C46H46O2Si2.C36H34O3SSi/c1-7-33-49(34-8-2,47-11-5)39-27-21-37(22-28-39)25-31-45-41-17-13-15-19-43(41)46(44-20-16-14-18-42(44)45)32-26-38-23-29-40(30-24-38)50(35-9-3,36-10-4)48-12-6;1-37-41(38-2,39-3)30-23-17-28(18-24-30)20-26-36-33-13-9-7-11-31(33)35(32-12-8-10-14-34(32)36)25-19-27-15-21-29(22-16-27)40(4,5)6/h7-10,13-24,27-30H,1-4,11-12,33-36H2,5-6H3;7-18,21-24H,1-6H3. The summed E-state index contributed by atoms with van der Waals surface area (Å²) in [7, 11) is -3.26. The third-order valence-electron chi connectivity index (χ3n) is 16.4. The Morgan fingerprint density at radius 1 is 0.330 bits per heavy atom. The van der Waals surface area contributed by atoms with Gasteiger partial charge in [-0.1, -0.05) is 205 Å². The third-order valence-corrected chi connectivity index (χ3v) is 28.9. The van der Waals surface area contributed by atoms with Gasteiger partial charge in [-0.15, -0.1) is 26.3 Å². The van der Waals surface area contributed by atoms with E-state index in [1.54, 1.807) is 21.3 Å². The zero-order valence-electron chi connectivity index (χ0n) is 53.8. The molecule has 0 amide bonds. The van der Waals surface area contributed by atoms with Crippen molar-refractivity contribution in [2.75, 3.05) is 53.3 Å². The highest BCUT2D eigenvalue weighted by molar-refractivity contribution is 8.32. The van der Waals surface area contributed by atoms with Gasteiger partial charge in [0.05, 0.1) is 0 Å². The lowest BCUT2D eigenvalue weighted by Crippen LogP contribution is -2.54. The van der Waals surface area contributed by atoms with E-state index in [9.17, 15) is 0 Å². The second-order valence-corrected chi connectivity index (χ2v) is 37.2. The van der Waals surface area contributed by atoms with Crippen LogP contribution in [-0.4, -0.2) is 78.7 Å². The van der Waals surface area contributed by atoms with Crippen LogP contribution in [0.1, 0.15) is 58.4 Å². The first-order valence-corrected chi connectivity index (χ1v) is 39.9. The fourth-order valence-electron chi connectivity index (χ4n) is 11.9. The Kier molecular flexibility index (Phi) is 22.6. The Labute approximate surface area is 545 Å².